The molecular weight excluding hydrogens is 294 g/mol. The second-order valence-electron chi connectivity index (χ2n) is 5.13. The predicted molar refractivity (Wildman–Crippen MR) is 75.7 cm³/mol. The largest absolute Gasteiger partial charge is 0.378 e. The van der Waals surface area contributed by atoms with E-state index in [1.807, 2.05) is 13.2 Å². The van der Waals surface area contributed by atoms with Crippen LogP contribution in [0, 0.1) is 0 Å². The van der Waals surface area contributed by atoms with E-state index in [9.17, 15) is 0 Å². The molecule has 102 valence electrons. The molecular formula is C13H22BrN3O. The zero-order chi connectivity index (χ0) is 13.1. The Kier molecular flexibility index (Phi) is 4.81. The average Bonchev–Trinajstić information content (AvgIpc) is 2.95. The first-order valence-electron chi connectivity index (χ1n) is 6.65. The maximum absolute atomic E-state index is 5.74. The van der Waals surface area contributed by atoms with Crippen LogP contribution in [0.4, 0.5) is 0 Å². The Balaban J connectivity index is 2.17. The molecule has 2 rings (SSSR count). The van der Waals surface area contributed by atoms with Gasteiger partial charge in [-0.15, -0.1) is 0 Å². The standard InChI is InChI=1S/C13H22BrN3O/c1-9(2)17-13(11(14)8-16-17)12(15-3)7-10-5-4-6-18-10/h8-10,12,15H,4-7H2,1-3H3. The van der Waals surface area contributed by atoms with Gasteiger partial charge in [0.05, 0.1) is 28.5 Å². The van der Waals surface area contributed by atoms with Crippen LogP contribution >= 0.6 is 15.9 Å². The Morgan fingerprint density at radius 1 is 1.61 bits per heavy atom. The van der Waals surface area contributed by atoms with Gasteiger partial charge < -0.3 is 10.1 Å². The molecule has 2 atom stereocenters. The molecule has 2 heterocycles. The lowest BCUT2D eigenvalue weighted by Gasteiger charge is -2.23. The van der Waals surface area contributed by atoms with E-state index in [0.717, 1.165) is 17.5 Å². The number of nitrogens with zero attached hydrogens (tertiary/aromatic N) is 2. The second kappa shape index (κ2) is 6.17. The fraction of sp³-hybridized carbons (Fsp3) is 0.769. The van der Waals surface area contributed by atoms with E-state index < -0.39 is 0 Å². The molecule has 0 aromatic carbocycles. The molecule has 1 aromatic rings. The van der Waals surface area contributed by atoms with Crippen molar-refractivity contribution in [2.45, 2.75) is 51.3 Å². The Labute approximate surface area is 117 Å². The normalized spacial score (nSPS) is 21.7. The number of rotatable bonds is 5. The Morgan fingerprint density at radius 2 is 2.39 bits per heavy atom. The zero-order valence-corrected chi connectivity index (χ0v) is 12.9. The summed E-state index contributed by atoms with van der Waals surface area (Å²) in [5.74, 6) is 0. The van der Waals surface area contributed by atoms with Crippen molar-refractivity contribution in [3.63, 3.8) is 0 Å². The van der Waals surface area contributed by atoms with Gasteiger partial charge >= 0.3 is 0 Å². The first-order chi connectivity index (χ1) is 8.63. The maximum atomic E-state index is 5.74. The van der Waals surface area contributed by atoms with E-state index >= 15 is 0 Å². The van der Waals surface area contributed by atoms with Gasteiger partial charge in [0.15, 0.2) is 0 Å². The molecule has 4 nitrogen and oxygen atoms in total. The van der Waals surface area contributed by atoms with Crippen LogP contribution in [0.2, 0.25) is 0 Å². The van der Waals surface area contributed by atoms with Gasteiger partial charge in [-0.2, -0.15) is 5.10 Å². The lowest BCUT2D eigenvalue weighted by Crippen LogP contribution is -2.25. The van der Waals surface area contributed by atoms with Crippen molar-refractivity contribution in [3.05, 3.63) is 16.4 Å². The Morgan fingerprint density at radius 3 is 2.94 bits per heavy atom. The molecule has 0 aliphatic carbocycles. The van der Waals surface area contributed by atoms with Gasteiger partial charge in [0.1, 0.15) is 0 Å². The van der Waals surface area contributed by atoms with Crippen LogP contribution in [-0.4, -0.2) is 29.5 Å². The van der Waals surface area contributed by atoms with Gasteiger partial charge in [-0.3, -0.25) is 4.68 Å². The van der Waals surface area contributed by atoms with Crippen molar-refractivity contribution in [1.82, 2.24) is 15.1 Å². The van der Waals surface area contributed by atoms with Crippen LogP contribution in [0.1, 0.15) is 50.9 Å². The van der Waals surface area contributed by atoms with Crippen LogP contribution in [0.25, 0.3) is 0 Å². The molecule has 1 saturated heterocycles. The lowest BCUT2D eigenvalue weighted by molar-refractivity contribution is 0.0942. The summed E-state index contributed by atoms with van der Waals surface area (Å²) in [6.45, 7) is 5.22. The average molecular weight is 316 g/mol. The summed E-state index contributed by atoms with van der Waals surface area (Å²) in [6, 6.07) is 0.652. The van der Waals surface area contributed by atoms with E-state index in [0.29, 0.717) is 12.1 Å². The molecule has 0 bridgehead atoms. The van der Waals surface area contributed by atoms with E-state index in [2.05, 4.69) is 44.9 Å². The van der Waals surface area contributed by atoms with Crippen LogP contribution in [0.3, 0.4) is 0 Å². The van der Waals surface area contributed by atoms with Crippen molar-refractivity contribution in [3.8, 4) is 0 Å². The molecule has 0 spiro atoms. The second-order valence-corrected chi connectivity index (χ2v) is 5.98. The molecule has 2 unspecified atom stereocenters. The molecule has 0 saturated carbocycles. The fourth-order valence-electron chi connectivity index (χ4n) is 2.55. The maximum Gasteiger partial charge on any atom is 0.0699 e. The summed E-state index contributed by atoms with van der Waals surface area (Å²) in [5, 5.41) is 7.84. The highest BCUT2D eigenvalue weighted by Gasteiger charge is 2.25. The van der Waals surface area contributed by atoms with Gasteiger partial charge in [0.2, 0.25) is 0 Å². The summed E-state index contributed by atoms with van der Waals surface area (Å²) in [6.07, 6.45) is 5.63. The summed E-state index contributed by atoms with van der Waals surface area (Å²) in [7, 11) is 2.00. The molecule has 1 aromatic heterocycles. The molecule has 1 fully saturated rings. The third-order valence-electron chi connectivity index (χ3n) is 3.48. The Hall–Kier alpha value is -0.390. The van der Waals surface area contributed by atoms with Gasteiger partial charge in [0, 0.05) is 12.6 Å². The number of hydrogen-bond acceptors (Lipinski definition) is 3. The van der Waals surface area contributed by atoms with Crippen molar-refractivity contribution < 1.29 is 4.74 Å². The molecule has 18 heavy (non-hydrogen) atoms. The van der Waals surface area contributed by atoms with Gasteiger partial charge in [-0.05, 0) is 56.1 Å². The van der Waals surface area contributed by atoms with Crippen molar-refractivity contribution in [1.29, 1.82) is 0 Å². The lowest BCUT2D eigenvalue weighted by atomic mass is 10.0. The third-order valence-corrected chi connectivity index (χ3v) is 4.09. The molecule has 0 radical (unpaired) electrons. The molecule has 1 aliphatic rings. The van der Waals surface area contributed by atoms with Crippen LogP contribution < -0.4 is 5.32 Å². The highest BCUT2D eigenvalue weighted by molar-refractivity contribution is 9.10. The molecule has 1 N–H and O–H groups in total. The van der Waals surface area contributed by atoms with Gasteiger partial charge in [-0.1, -0.05) is 0 Å². The first-order valence-corrected chi connectivity index (χ1v) is 7.44. The minimum Gasteiger partial charge on any atom is -0.378 e. The van der Waals surface area contributed by atoms with Crippen LogP contribution in [0.5, 0.6) is 0 Å². The SMILES string of the molecule is CNC(CC1CCCO1)c1c(Br)cnn1C(C)C. The number of nitrogens with one attached hydrogen (secondary N) is 1. The summed E-state index contributed by atoms with van der Waals surface area (Å²) in [5.41, 5.74) is 1.23. The number of aromatic nitrogens is 2. The van der Waals surface area contributed by atoms with Crippen LogP contribution in [0.15, 0.2) is 10.7 Å². The van der Waals surface area contributed by atoms with Gasteiger partial charge in [-0.25, -0.2) is 0 Å². The zero-order valence-electron chi connectivity index (χ0n) is 11.3. The molecule has 0 amide bonds. The number of ether oxygens (including phenoxy) is 1. The Bertz CT molecular complexity index is 386. The topological polar surface area (TPSA) is 39.1 Å². The van der Waals surface area contributed by atoms with Crippen molar-refractivity contribution >= 4 is 15.9 Å². The van der Waals surface area contributed by atoms with E-state index in [1.54, 1.807) is 0 Å². The highest BCUT2D eigenvalue weighted by atomic mass is 79.9. The first kappa shape index (κ1) is 14.0. The van der Waals surface area contributed by atoms with Crippen LogP contribution in [-0.2, 0) is 4.74 Å². The molecule has 1 aliphatic heterocycles. The quantitative estimate of drug-likeness (QED) is 0.907. The number of hydrogen-bond donors (Lipinski definition) is 1. The summed E-state index contributed by atoms with van der Waals surface area (Å²) in [4.78, 5) is 0. The summed E-state index contributed by atoms with van der Waals surface area (Å²) < 4.78 is 8.90. The molecule has 5 heteroatoms. The smallest absolute Gasteiger partial charge is 0.0699 e. The van der Waals surface area contributed by atoms with E-state index in [-0.39, 0.29) is 6.04 Å². The monoisotopic (exact) mass is 315 g/mol. The van der Waals surface area contributed by atoms with Gasteiger partial charge in [0.25, 0.3) is 0 Å². The van der Waals surface area contributed by atoms with E-state index in [4.69, 9.17) is 4.74 Å². The third kappa shape index (κ3) is 2.95. The van der Waals surface area contributed by atoms with Crippen molar-refractivity contribution in [2.24, 2.45) is 0 Å². The minimum atomic E-state index is 0.285. The minimum absolute atomic E-state index is 0.285. The number of halogens is 1. The van der Waals surface area contributed by atoms with Crippen molar-refractivity contribution in [2.75, 3.05) is 13.7 Å². The fourth-order valence-corrected chi connectivity index (χ4v) is 3.10. The van der Waals surface area contributed by atoms with E-state index in [1.165, 1.54) is 18.5 Å². The predicted octanol–water partition coefficient (Wildman–Crippen LogP) is 3.06. The summed E-state index contributed by atoms with van der Waals surface area (Å²) >= 11 is 3.61. The highest BCUT2D eigenvalue weighted by Crippen LogP contribution is 2.31.